The van der Waals surface area contributed by atoms with Gasteiger partial charge in [-0.2, -0.15) is 0 Å². The van der Waals surface area contributed by atoms with Crippen LogP contribution in [0.25, 0.3) is 0 Å². The van der Waals surface area contributed by atoms with Crippen LogP contribution in [0.4, 0.5) is 11.4 Å². The summed E-state index contributed by atoms with van der Waals surface area (Å²) in [5.74, 6) is 0.0776. The third kappa shape index (κ3) is 3.61. The van der Waals surface area contributed by atoms with Crippen molar-refractivity contribution in [2.45, 2.75) is 25.8 Å². The summed E-state index contributed by atoms with van der Waals surface area (Å²) < 4.78 is 0. The fourth-order valence-corrected chi connectivity index (χ4v) is 1.75. The summed E-state index contributed by atoms with van der Waals surface area (Å²) in [5, 5.41) is 6.19. The molecule has 1 saturated carbocycles. The number of likely N-dealkylation sites (N-methyl/N-ethyl adjacent to an activating group) is 1. The molecule has 18 heavy (non-hydrogen) atoms. The van der Waals surface area contributed by atoms with E-state index < -0.39 is 0 Å². The molecular formula is C13H20N4O. The lowest BCUT2D eigenvalue weighted by atomic mass is 10.3. The van der Waals surface area contributed by atoms with Gasteiger partial charge in [-0.25, -0.2) is 0 Å². The van der Waals surface area contributed by atoms with Gasteiger partial charge in [-0.05, 0) is 25.8 Å². The zero-order valence-electron chi connectivity index (χ0n) is 10.9. The molecule has 0 unspecified atom stereocenters. The highest BCUT2D eigenvalue weighted by atomic mass is 16.2. The number of hydrogen-bond acceptors (Lipinski definition) is 4. The Hall–Kier alpha value is -1.78. The Balaban J connectivity index is 1.91. The second kappa shape index (κ2) is 5.71. The van der Waals surface area contributed by atoms with E-state index in [1.54, 1.807) is 12.4 Å². The van der Waals surface area contributed by atoms with Gasteiger partial charge in [0, 0.05) is 19.6 Å². The molecule has 98 valence electrons. The summed E-state index contributed by atoms with van der Waals surface area (Å²) in [6, 6.07) is 2.41. The maximum Gasteiger partial charge on any atom is 0.239 e. The molecule has 0 saturated heterocycles. The molecule has 1 amide bonds. The van der Waals surface area contributed by atoms with Crippen molar-refractivity contribution in [3.05, 3.63) is 18.5 Å². The van der Waals surface area contributed by atoms with Crippen LogP contribution in [0.1, 0.15) is 19.8 Å². The minimum atomic E-state index is 0.0776. The second-order valence-electron chi connectivity index (χ2n) is 4.66. The summed E-state index contributed by atoms with van der Waals surface area (Å²) in [7, 11) is 1.90. The van der Waals surface area contributed by atoms with E-state index in [0.29, 0.717) is 12.6 Å². The van der Waals surface area contributed by atoms with Crippen molar-refractivity contribution in [3.63, 3.8) is 0 Å². The van der Waals surface area contributed by atoms with Gasteiger partial charge in [0.15, 0.2) is 0 Å². The SMILES string of the molecule is CCNc1cncc(N(C)CC(=O)NC2CC2)c1. The predicted octanol–water partition coefficient (Wildman–Crippen LogP) is 1.23. The zero-order valence-corrected chi connectivity index (χ0v) is 10.9. The van der Waals surface area contributed by atoms with E-state index in [4.69, 9.17) is 0 Å². The van der Waals surface area contributed by atoms with Crippen molar-refractivity contribution in [1.29, 1.82) is 0 Å². The average Bonchev–Trinajstić information content (AvgIpc) is 3.13. The lowest BCUT2D eigenvalue weighted by Gasteiger charge is -2.19. The molecule has 5 heteroatoms. The van der Waals surface area contributed by atoms with Crippen molar-refractivity contribution < 1.29 is 4.79 Å². The number of nitrogens with one attached hydrogen (secondary N) is 2. The molecule has 2 N–H and O–H groups in total. The first kappa shape index (κ1) is 12.7. The number of pyridine rings is 1. The van der Waals surface area contributed by atoms with Crippen molar-refractivity contribution in [3.8, 4) is 0 Å². The Morgan fingerprint density at radius 3 is 2.94 bits per heavy atom. The van der Waals surface area contributed by atoms with E-state index in [-0.39, 0.29) is 5.91 Å². The lowest BCUT2D eigenvalue weighted by Crippen LogP contribution is -2.36. The monoisotopic (exact) mass is 248 g/mol. The first-order chi connectivity index (χ1) is 8.69. The molecule has 0 bridgehead atoms. The van der Waals surface area contributed by atoms with Crippen molar-refractivity contribution in [1.82, 2.24) is 10.3 Å². The maximum absolute atomic E-state index is 11.7. The Bertz CT molecular complexity index is 417. The van der Waals surface area contributed by atoms with Crippen LogP contribution in [0.15, 0.2) is 18.5 Å². The molecule has 1 aromatic rings. The number of hydrogen-bond donors (Lipinski definition) is 2. The Labute approximate surface area is 108 Å². The van der Waals surface area contributed by atoms with Crippen LogP contribution in [0.2, 0.25) is 0 Å². The van der Waals surface area contributed by atoms with E-state index in [2.05, 4.69) is 15.6 Å². The number of carbonyl (C=O) groups is 1. The Kier molecular flexibility index (Phi) is 4.02. The molecule has 1 fully saturated rings. The minimum Gasteiger partial charge on any atom is -0.384 e. The molecular weight excluding hydrogens is 228 g/mol. The number of rotatable bonds is 6. The van der Waals surface area contributed by atoms with Gasteiger partial charge in [0.25, 0.3) is 0 Å². The fraction of sp³-hybridized carbons (Fsp3) is 0.538. The number of amides is 1. The summed E-state index contributed by atoms with van der Waals surface area (Å²) in [4.78, 5) is 17.8. The number of anilines is 2. The van der Waals surface area contributed by atoms with Crippen molar-refractivity contribution >= 4 is 17.3 Å². The minimum absolute atomic E-state index is 0.0776. The van der Waals surface area contributed by atoms with E-state index in [0.717, 1.165) is 30.8 Å². The van der Waals surface area contributed by atoms with E-state index in [1.807, 2.05) is 24.9 Å². The number of aromatic nitrogens is 1. The predicted molar refractivity (Wildman–Crippen MR) is 72.8 cm³/mol. The molecule has 1 heterocycles. The van der Waals surface area contributed by atoms with Crippen LogP contribution in [0.5, 0.6) is 0 Å². The highest BCUT2D eigenvalue weighted by Crippen LogP contribution is 2.19. The summed E-state index contributed by atoms with van der Waals surface area (Å²) in [6.07, 6.45) is 5.79. The smallest absolute Gasteiger partial charge is 0.239 e. The first-order valence-corrected chi connectivity index (χ1v) is 6.38. The first-order valence-electron chi connectivity index (χ1n) is 6.38. The quantitative estimate of drug-likeness (QED) is 0.795. The second-order valence-corrected chi connectivity index (χ2v) is 4.66. The van der Waals surface area contributed by atoms with Crippen LogP contribution in [-0.4, -0.2) is 37.1 Å². The third-order valence-corrected chi connectivity index (χ3v) is 2.87. The number of carbonyl (C=O) groups excluding carboxylic acids is 1. The van der Waals surface area contributed by atoms with Crippen LogP contribution < -0.4 is 15.5 Å². The molecule has 2 rings (SSSR count). The van der Waals surface area contributed by atoms with Crippen LogP contribution in [0, 0.1) is 0 Å². The summed E-state index contributed by atoms with van der Waals surface area (Å²) >= 11 is 0. The van der Waals surface area contributed by atoms with Gasteiger partial charge < -0.3 is 15.5 Å². The normalized spacial score (nSPS) is 14.1. The topological polar surface area (TPSA) is 57.3 Å². The molecule has 5 nitrogen and oxygen atoms in total. The van der Waals surface area contributed by atoms with Gasteiger partial charge in [-0.3, -0.25) is 9.78 Å². The summed E-state index contributed by atoms with van der Waals surface area (Å²) in [5.41, 5.74) is 1.92. The molecule has 1 aromatic heterocycles. The van der Waals surface area contributed by atoms with Gasteiger partial charge in [0.1, 0.15) is 0 Å². The van der Waals surface area contributed by atoms with Crippen LogP contribution in [0.3, 0.4) is 0 Å². The molecule has 1 aliphatic rings. The standard InChI is InChI=1S/C13H20N4O/c1-3-15-11-6-12(8-14-7-11)17(2)9-13(18)16-10-4-5-10/h6-8,10,15H,3-5,9H2,1-2H3,(H,16,18). The van der Waals surface area contributed by atoms with Crippen molar-refractivity contribution in [2.24, 2.45) is 0 Å². The van der Waals surface area contributed by atoms with E-state index in [1.165, 1.54) is 0 Å². The molecule has 0 spiro atoms. The highest BCUT2D eigenvalue weighted by Gasteiger charge is 2.23. The average molecular weight is 248 g/mol. The van der Waals surface area contributed by atoms with E-state index in [9.17, 15) is 4.79 Å². The van der Waals surface area contributed by atoms with Gasteiger partial charge in [-0.1, -0.05) is 0 Å². The number of nitrogens with zero attached hydrogens (tertiary/aromatic N) is 2. The maximum atomic E-state index is 11.7. The van der Waals surface area contributed by atoms with Crippen molar-refractivity contribution in [2.75, 3.05) is 30.4 Å². The largest absolute Gasteiger partial charge is 0.384 e. The van der Waals surface area contributed by atoms with Crippen LogP contribution in [-0.2, 0) is 4.79 Å². The van der Waals surface area contributed by atoms with Gasteiger partial charge in [0.05, 0.1) is 30.3 Å². The van der Waals surface area contributed by atoms with Crippen LogP contribution >= 0.6 is 0 Å². The Morgan fingerprint density at radius 1 is 1.50 bits per heavy atom. The van der Waals surface area contributed by atoms with E-state index >= 15 is 0 Å². The van der Waals surface area contributed by atoms with Gasteiger partial charge >= 0.3 is 0 Å². The zero-order chi connectivity index (χ0) is 13.0. The van der Waals surface area contributed by atoms with Gasteiger partial charge in [-0.15, -0.1) is 0 Å². The molecule has 1 aliphatic carbocycles. The third-order valence-electron chi connectivity index (χ3n) is 2.87. The highest BCUT2D eigenvalue weighted by molar-refractivity contribution is 5.81. The summed E-state index contributed by atoms with van der Waals surface area (Å²) in [6.45, 7) is 3.27. The lowest BCUT2D eigenvalue weighted by molar-refractivity contribution is -0.119. The fourth-order valence-electron chi connectivity index (χ4n) is 1.75. The Morgan fingerprint density at radius 2 is 2.28 bits per heavy atom. The molecule has 0 radical (unpaired) electrons. The molecule has 0 aliphatic heterocycles. The molecule has 0 aromatic carbocycles. The molecule has 0 atom stereocenters. The van der Waals surface area contributed by atoms with Gasteiger partial charge in [0.2, 0.25) is 5.91 Å².